The van der Waals surface area contributed by atoms with Crippen LogP contribution in [-0.4, -0.2) is 44.9 Å². The van der Waals surface area contributed by atoms with Crippen molar-refractivity contribution < 1.29 is 47.0 Å². The highest BCUT2D eigenvalue weighted by Gasteiger charge is 2.79. The summed E-state index contributed by atoms with van der Waals surface area (Å²) >= 11 is 0. The zero-order chi connectivity index (χ0) is 18.0. The van der Waals surface area contributed by atoms with Gasteiger partial charge in [-0.05, 0) is 6.42 Å². The Balaban J connectivity index is 5.39. The average molecular weight is 384 g/mol. The van der Waals surface area contributed by atoms with Crippen LogP contribution >= 0.6 is 10.6 Å². The second-order valence-corrected chi connectivity index (χ2v) is 8.92. The molecule has 0 fully saturated rings. The van der Waals surface area contributed by atoms with Crippen LogP contribution in [0, 0.1) is 0 Å². The molecule has 0 aliphatic rings. The van der Waals surface area contributed by atoms with E-state index in [0.717, 1.165) is 12.5 Å². The van der Waals surface area contributed by atoms with Crippen LogP contribution in [0.15, 0.2) is 0 Å². The third-order valence-electron chi connectivity index (χ3n) is 2.15. The van der Waals surface area contributed by atoms with Crippen LogP contribution < -0.4 is 0 Å². The van der Waals surface area contributed by atoms with Crippen molar-refractivity contribution in [1.82, 2.24) is 0 Å². The third-order valence-corrected chi connectivity index (χ3v) is 5.80. The summed E-state index contributed by atoms with van der Waals surface area (Å²) in [5.74, 6) is -6.81. The molecule has 0 N–H and O–H groups in total. The van der Waals surface area contributed by atoms with Crippen LogP contribution in [0.25, 0.3) is 0 Å². The molecule has 0 aromatic rings. The van der Waals surface area contributed by atoms with Crippen LogP contribution in [0.2, 0.25) is 0 Å². The smallest absolute Gasteiger partial charge is 0.284 e. The lowest BCUT2D eigenvalue weighted by Gasteiger charge is -2.36. The highest BCUT2D eigenvalue weighted by atomic mass is 32.3. The molecule has 4 nitrogen and oxygen atoms in total. The van der Waals surface area contributed by atoms with Gasteiger partial charge in [-0.1, -0.05) is 13.3 Å². The monoisotopic (exact) mass is 384 g/mol. The van der Waals surface area contributed by atoms with Crippen molar-refractivity contribution in [3.8, 4) is 0 Å². The molecule has 0 saturated heterocycles. The molecule has 0 aliphatic heterocycles. The predicted octanol–water partition coefficient (Wildman–Crippen LogP) is 3.83. The maximum absolute atomic E-state index is 13.2. The Morgan fingerprint density at radius 2 is 1.41 bits per heavy atom. The zero-order valence-corrected chi connectivity index (χ0v) is 13.3. The van der Waals surface area contributed by atoms with Gasteiger partial charge in [0.15, 0.2) is 0 Å². The predicted molar refractivity (Wildman–Crippen MR) is 66.3 cm³/mol. The summed E-state index contributed by atoms with van der Waals surface area (Å²) in [4.78, 5) is 0. The molecule has 136 valence electrons. The number of hydrogen-bond donors (Lipinski definition) is 0. The summed E-state index contributed by atoms with van der Waals surface area (Å²) in [6, 6.07) is 0. The Morgan fingerprint density at radius 3 is 1.77 bits per heavy atom. The summed E-state index contributed by atoms with van der Waals surface area (Å²) < 4.78 is 119. The summed E-state index contributed by atoms with van der Waals surface area (Å²) in [5, 5.41) is -6.49. The fourth-order valence-electron chi connectivity index (χ4n) is 1.00. The lowest BCUT2D eigenvalue weighted by molar-refractivity contribution is -0.333. The standard InChI is InChI=1S/C9H15F7O4S2/c1-4-5-6-19-21(2,3)20-22(17,18)9(15,16)7(10,11)8(12,13)14/h4-6H2,1-3H3. The van der Waals surface area contributed by atoms with Gasteiger partial charge in [-0.2, -0.15) is 53.4 Å². The first-order valence-corrected chi connectivity index (χ1v) is 9.38. The first-order valence-electron chi connectivity index (χ1n) is 5.67. The van der Waals surface area contributed by atoms with E-state index < -0.39 is 38.1 Å². The third kappa shape index (κ3) is 4.61. The minimum Gasteiger partial charge on any atom is -0.284 e. The van der Waals surface area contributed by atoms with Crippen LogP contribution in [-0.2, 0) is 17.9 Å². The number of rotatable bonds is 8. The quantitative estimate of drug-likeness (QED) is 0.471. The highest BCUT2D eigenvalue weighted by Crippen LogP contribution is 2.54. The van der Waals surface area contributed by atoms with Crippen molar-refractivity contribution in [2.24, 2.45) is 0 Å². The van der Waals surface area contributed by atoms with E-state index in [1.807, 2.05) is 0 Å². The average Bonchev–Trinajstić information content (AvgIpc) is 2.25. The Hall–Kier alpha value is -0.270. The molecular formula is C9H15F7O4S2. The van der Waals surface area contributed by atoms with Crippen LogP contribution in [0.4, 0.5) is 30.7 Å². The maximum Gasteiger partial charge on any atom is 0.461 e. The van der Waals surface area contributed by atoms with E-state index in [-0.39, 0.29) is 6.61 Å². The normalized spacial score (nSPS) is 15.9. The molecule has 0 saturated carbocycles. The van der Waals surface area contributed by atoms with Gasteiger partial charge in [0.25, 0.3) is 0 Å². The zero-order valence-electron chi connectivity index (χ0n) is 11.7. The van der Waals surface area contributed by atoms with E-state index in [4.69, 9.17) is 4.18 Å². The van der Waals surface area contributed by atoms with E-state index in [0.29, 0.717) is 12.8 Å². The largest absolute Gasteiger partial charge is 0.461 e. The fraction of sp³-hybridized carbons (Fsp3) is 1.00. The Bertz CT molecular complexity index is 473. The lowest BCUT2D eigenvalue weighted by atomic mass is 10.3. The van der Waals surface area contributed by atoms with Gasteiger partial charge in [0.2, 0.25) is 0 Å². The molecule has 0 atom stereocenters. The van der Waals surface area contributed by atoms with E-state index in [2.05, 4.69) is 3.63 Å². The first-order chi connectivity index (χ1) is 9.52. The molecule has 0 heterocycles. The van der Waals surface area contributed by atoms with E-state index in [1.54, 1.807) is 6.92 Å². The van der Waals surface area contributed by atoms with E-state index in [9.17, 15) is 39.2 Å². The highest BCUT2D eigenvalue weighted by molar-refractivity contribution is 8.28. The number of halogens is 7. The minimum atomic E-state index is -6.81. The molecule has 0 radical (unpaired) electrons. The van der Waals surface area contributed by atoms with Crippen molar-refractivity contribution >= 4 is 20.7 Å². The van der Waals surface area contributed by atoms with Gasteiger partial charge in [0.1, 0.15) is 0 Å². The van der Waals surface area contributed by atoms with E-state index >= 15 is 0 Å². The molecule has 0 aromatic carbocycles. The first kappa shape index (κ1) is 21.7. The van der Waals surface area contributed by atoms with Gasteiger partial charge in [-0.3, -0.25) is 4.18 Å². The van der Waals surface area contributed by atoms with Gasteiger partial charge in [0, 0.05) is 12.5 Å². The van der Waals surface area contributed by atoms with Gasteiger partial charge < -0.3 is 0 Å². The van der Waals surface area contributed by atoms with Crippen molar-refractivity contribution in [3.05, 3.63) is 0 Å². The van der Waals surface area contributed by atoms with Gasteiger partial charge >= 0.3 is 27.5 Å². The Kier molecular flexibility index (Phi) is 6.61. The van der Waals surface area contributed by atoms with E-state index in [1.165, 1.54) is 0 Å². The van der Waals surface area contributed by atoms with Crippen molar-refractivity contribution in [1.29, 1.82) is 0 Å². The van der Waals surface area contributed by atoms with Crippen molar-refractivity contribution in [3.63, 3.8) is 0 Å². The minimum absolute atomic E-state index is 0.129. The lowest BCUT2D eigenvalue weighted by Crippen LogP contribution is -2.56. The second-order valence-electron chi connectivity index (χ2n) is 4.43. The second kappa shape index (κ2) is 6.69. The van der Waals surface area contributed by atoms with Crippen LogP contribution in [0.5, 0.6) is 0 Å². The molecule has 0 spiro atoms. The summed E-state index contributed by atoms with van der Waals surface area (Å²) in [7, 11) is -9.86. The fourth-order valence-corrected chi connectivity index (χ4v) is 4.18. The molecule has 0 amide bonds. The molecule has 0 rings (SSSR count). The summed E-state index contributed by atoms with van der Waals surface area (Å²) in [5.41, 5.74) is 0. The van der Waals surface area contributed by atoms with Gasteiger partial charge in [-0.15, -0.1) is 0 Å². The van der Waals surface area contributed by atoms with Crippen molar-refractivity contribution in [2.75, 3.05) is 19.1 Å². The number of unbranched alkanes of at least 4 members (excludes halogenated alkanes) is 1. The molecule has 22 heavy (non-hydrogen) atoms. The van der Waals surface area contributed by atoms with Gasteiger partial charge in [-0.25, -0.2) is 0 Å². The number of hydrogen-bond acceptors (Lipinski definition) is 4. The molecular weight excluding hydrogens is 369 g/mol. The van der Waals surface area contributed by atoms with Crippen molar-refractivity contribution in [2.45, 2.75) is 37.1 Å². The van der Waals surface area contributed by atoms with Crippen LogP contribution in [0.1, 0.15) is 19.8 Å². The topological polar surface area (TPSA) is 52.6 Å². The number of alkyl halides is 7. The van der Waals surface area contributed by atoms with Gasteiger partial charge in [0.05, 0.1) is 6.61 Å². The molecule has 0 aliphatic carbocycles. The Labute approximate surface area is 124 Å². The molecule has 0 unspecified atom stereocenters. The summed E-state index contributed by atoms with van der Waals surface area (Å²) in [6.07, 6.45) is -4.04. The SMILES string of the molecule is CCCCOS(C)(C)OS(=O)(=O)C(F)(F)C(F)(F)C(F)(F)F. The molecule has 0 aromatic heterocycles. The maximum atomic E-state index is 13.2. The molecule has 0 bridgehead atoms. The summed E-state index contributed by atoms with van der Waals surface area (Å²) in [6.45, 7) is 1.59. The Morgan fingerprint density at radius 1 is 0.955 bits per heavy atom. The molecule has 13 heteroatoms. The van der Waals surface area contributed by atoms with Crippen LogP contribution in [0.3, 0.4) is 0 Å².